The van der Waals surface area contributed by atoms with Crippen molar-refractivity contribution in [3.8, 4) is 11.6 Å². The minimum absolute atomic E-state index is 0.0191. The Labute approximate surface area is 207 Å². The first-order valence-electron chi connectivity index (χ1n) is 10.8. The number of rotatable bonds is 6. The van der Waals surface area contributed by atoms with Gasteiger partial charge >= 0.3 is 0 Å². The molecular weight excluding hydrogens is 499 g/mol. The summed E-state index contributed by atoms with van der Waals surface area (Å²) in [7, 11) is -2.07. The third-order valence-electron chi connectivity index (χ3n) is 5.78. The number of aromatic nitrogens is 2. The van der Waals surface area contributed by atoms with E-state index in [4.69, 9.17) is 32.7 Å². The predicted molar refractivity (Wildman–Crippen MR) is 131 cm³/mol. The van der Waals surface area contributed by atoms with Gasteiger partial charge in [-0.3, -0.25) is 4.72 Å². The maximum absolute atomic E-state index is 13.1. The van der Waals surface area contributed by atoms with Crippen molar-refractivity contribution >= 4 is 44.7 Å². The van der Waals surface area contributed by atoms with E-state index >= 15 is 0 Å². The van der Waals surface area contributed by atoms with Crippen LogP contribution in [0.2, 0.25) is 10.0 Å². The summed E-state index contributed by atoms with van der Waals surface area (Å²) in [5.41, 5.74) is 3.45. The molecule has 0 bridgehead atoms. The fourth-order valence-corrected chi connectivity index (χ4v) is 5.76. The van der Waals surface area contributed by atoms with Gasteiger partial charge in [0.25, 0.3) is 15.9 Å². The molecule has 0 atom stereocenters. The molecule has 0 spiro atoms. The Hall–Kier alpha value is -2.75. The highest BCUT2D eigenvalue weighted by atomic mass is 35.5. The Balaban J connectivity index is 1.43. The number of hydrogen-bond donors (Lipinski definition) is 1. The highest BCUT2D eigenvalue weighted by Gasteiger charge is 2.26. The number of halogens is 2. The largest absolute Gasteiger partial charge is 0.490 e. The molecule has 1 aliphatic carbocycles. The van der Waals surface area contributed by atoms with Gasteiger partial charge in [-0.05, 0) is 49.1 Å². The number of nitrogens with zero attached hydrogens (tertiary/aromatic N) is 3. The number of sulfonamides is 1. The van der Waals surface area contributed by atoms with Crippen LogP contribution in [0.4, 0.5) is 11.5 Å². The molecule has 5 rings (SSSR count). The quantitative estimate of drug-likeness (QED) is 0.511. The van der Waals surface area contributed by atoms with Crippen molar-refractivity contribution in [3.63, 3.8) is 0 Å². The zero-order valence-electron chi connectivity index (χ0n) is 18.3. The van der Waals surface area contributed by atoms with E-state index in [1.54, 1.807) is 0 Å². The first kappa shape index (κ1) is 23.0. The number of fused-ring (bicyclic) bond motifs is 2. The minimum Gasteiger partial charge on any atom is -0.490 e. The monoisotopic (exact) mass is 520 g/mol. The Morgan fingerprint density at radius 3 is 2.76 bits per heavy atom. The number of hydrogen-bond acceptors (Lipinski definition) is 7. The van der Waals surface area contributed by atoms with Gasteiger partial charge in [-0.2, -0.15) is 0 Å². The Bertz CT molecular complexity index is 1370. The van der Waals surface area contributed by atoms with Gasteiger partial charge in [0, 0.05) is 7.05 Å². The molecule has 11 heteroatoms. The normalized spacial score (nSPS) is 14.9. The summed E-state index contributed by atoms with van der Waals surface area (Å²) in [6.45, 7) is 1.61. The molecule has 1 aliphatic heterocycles. The highest BCUT2D eigenvalue weighted by molar-refractivity contribution is 7.92. The SMILES string of the molecule is CN1CCOc2cc(COc3nc4c(nc3NS(=O)(=O)c3cccc(Cl)c3Cl)CCC4)ccc21. The van der Waals surface area contributed by atoms with Crippen LogP contribution in [-0.2, 0) is 29.5 Å². The molecule has 2 heterocycles. The van der Waals surface area contributed by atoms with Crippen molar-refractivity contribution in [2.75, 3.05) is 29.8 Å². The van der Waals surface area contributed by atoms with Crippen molar-refractivity contribution < 1.29 is 17.9 Å². The smallest absolute Gasteiger partial charge is 0.264 e. The maximum atomic E-state index is 13.1. The minimum atomic E-state index is -4.08. The molecule has 0 unspecified atom stereocenters. The van der Waals surface area contributed by atoms with Gasteiger partial charge in [-0.1, -0.05) is 35.3 Å². The lowest BCUT2D eigenvalue weighted by Gasteiger charge is -2.28. The fraction of sp³-hybridized carbons (Fsp3) is 0.304. The lowest BCUT2D eigenvalue weighted by molar-refractivity contribution is 0.289. The van der Waals surface area contributed by atoms with Crippen molar-refractivity contribution in [1.82, 2.24) is 9.97 Å². The number of anilines is 2. The number of nitrogens with one attached hydrogen (secondary N) is 1. The Morgan fingerprint density at radius 2 is 1.94 bits per heavy atom. The molecule has 0 fully saturated rings. The van der Waals surface area contributed by atoms with E-state index in [1.807, 2.05) is 25.2 Å². The molecule has 1 N–H and O–H groups in total. The van der Waals surface area contributed by atoms with E-state index in [0.29, 0.717) is 6.61 Å². The van der Waals surface area contributed by atoms with Gasteiger partial charge < -0.3 is 14.4 Å². The van der Waals surface area contributed by atoms with Crippen LogP contribution in [0.25, 0.3) is 0 Å². The van der Waals surface area contributed by atoms with E-state index < -0.39 is 10.0 Å². The fourth-order valence-electron chi connectivity index (χ4n) is 4.00. The standard InChI is InChI=1S/C23H22Cl2N4O4S/c1-29-10-11-32-19-12-14(8-9-18(19)29)13-33-23-22(26-16-5-3-6-17(16)27-23)28-34(30,31)20-7-2-4-15(24)21(20)25/h2,4,7-9,12H,3,5-6,10-11,13H2,1H3,(H,26,28). The van der Waals surface area contributed by atoms with Gasteiger partial charge in [0.2, 0.25) is 5.82 Å². The van der Waals surface area contributed by atoms with Gasteiger partial charge in [0.15, 0.2) is 0 Å². The lowest BCUT2D eigenvalue weighted by atomic mass is 10.1. The molecular formula is C23H22Cl2N4O4S. The number of benzene rings is 2. The average Bonchev–Trinajstić information content (AvgIpc) is 3.26. The molecule has 2 aromatic carbocycles. The van der Waals surface area contributed by atoms with Crippen LogP contribution in [0.3, 0.4) is 0 Å². The van der Waals surface area contributed by atoms with Crippen LogP contribution in [0, 0.1) is 0 Å². The van der Waals surface area contributed by atoms with Crippen molar-refractivity contribution in [2.45, 2.75) is 30.8 Å². The maximum Gasteiger partial charge on any atom is 0.264 e. The molecule has 0 saturated carbocycles. The zero-order valence-corrected chi connectivity index (χ0v) is 20.7. The third kappa shape index (κ3) is 4.47. The summed E-state index contributed by atoms with van der Waals surface area (Å²) in [5, 5.41) is 0.0774. The second-order valence-electron chi connectivity index (χ2n) is 8.14. The zero-order chi connectivity index (χ0) is 23.9. The summed E-state index contributed by atoms with van der Waals surface area (Å²) in [6.07, 6.45) is 2.40. The molecule has 0 saturated heterocycles. The van der Waals surface area contributed by atoms with Crippen LogP contribution in [0.5, 0.6) is 11.6 Å². The molecule has 8 nitrogen and oxygen atoms in total. The molecule has 2 aliphatic rings. The first-order chi connectivity index (χ1) is 16.3. The van der Waals surface area contributed by atoms with Crippen molar-refractivity contribution in [3.05, 3.63) is 63.4 Å². The van der Waals surface area contributed by atoms with Gasteiger partial charge in [0.1, 0.15) is 23.9 Å². The molecule has 3 aromatic rings. The van der Waals surface area contributed by atoms with Crippen LogP contribution < -0.4 is 19.1 Å². The predicted octanol–water partition coefficient (Wildman–Crippen LogP) is 4.48. The summed E-state index contributed by atoms with van der Waals surface area (Å²) in [5.74, 6) is 0.912. The second kappa shape index (κ2) is 9.13. The molecule has 0 radical (unpaired) electrons. The average molecular weight is 521 g/mol. The van der Waals surface area contributed by atoms with Crippen LogP contribution in [0.15, 0.2) is 41.3 Å². The molecule has 178 valence electrons. The van der Waals surface area contributed by atoms with Gasteiger partial charge in [-0.15, -0.1) is 0 Å². The third-order valence-corrected chi connectivity index (χ3v) is 8.09. The number of ether oxygens (including phenoxy) is 2. The summed E-state index contributed by atoms with van der Waals surface area (Å²) in [4.78, 5) is 11.1. The second-order valence-corrected chi connectivity index (χ2v) is 10.6. The lowest BCUT2D eigenvalue weighted by Crippen LogP contribution is -2.28. The topological polar surface area (TPSA) is 93.7 Å². The van der Waals surface area contributed by atoms with Crippen molar-refractivity contribution in [1.29, 1.82) is 0 Å². The molecule has 0 amide bonds. The van der Waals surface area contributed by atoms with E-state index in [2.05, 4.69) is 19.6 Å². The van der Waals surface area contributed by atoms with Gasteiger partial charge in [0.05, 0.1) is 33.7 Å². The Kier molecular flexibility index (Phi) is 6.18. The molecule has 34 heavy (non-hydrogen) atoms. The van der Waals surface area contributed by atoms with Gasteiger partial charge in [-0.25, -0.2) is 18.4 Å². The van der Waals surface area contributed by atoms with Crippen LogP contribution in [-0.4, -0.2) is 38.6 Å². The van der Waals surface area contributed by atoms with E-state index in [1.165, 1.54) is 18.2 Å². The summed E-state index contributed by atoms with van der Waals surface area (Å²) < 4.78 is 40.4. The number of aryl methyl sites for hydroxylation is 2. The van der Waals surface area contributed by atoms with E-state index in [-0.39, 0.29) is 33.2 Å². The summed E-state index contributed by atoms with van der Waals surface area (Å²) >= 11 is 12.2. The van der Waals surface area contributed by atoms with E-state index in [0.717, 1.165) is 54.2 Å². The van der Waals surface area contributed by atoms with Crippen molar-refractivity contribution in [2.24, 2.45) is 0 Å². The van der Waals surface area contributed by atoms with Crippen LogP contribution in [0.1, 0.15) is 23.4 Å². The van der Waals surface area contributed by atoms with Crippen LogP contribution >= 0.6 is 23.2 Å². The van der Waals surface area contributed by atoms with E-state index in [9.17, 15) is 8.42 Å². The number of likely N-dealkylation sites (N-methyl/N-ethyl adjacent to an activating group) is 1. The summed E-state index contributed by atoms with van der Waals surface area (Å²) in [6, 6.07) is 10.3. The Morgan fingerprint density at radius 1 is 1.15 bits per heavy atom. The highest BCUT2D eigenvalue weighted by Crippen LogP contribution is 2.34. The molecule has 1 aromatic heterocycles. The first-order valence-corrected chi connectivity index (χ1v) is 13.0.